The Balaban J connectivity index is 1.65. The van der Waals surface area contributed by atoms with Gasteiger partial charge in [0.05, 0.1) is 20.1 Å². The van der Waals surface area contributed by atoms with Gasteiger partial charge >= 0.3 is 0 Å². The van der Waals surface area contributed by atoms with Gasteiger partial charge in [-0.05, 0) is 53.7 Å². The monoisotopic (exact) mass is 411 g/mol. The van der Waals surface area contributed by atoms with E-state index in [4.69, 9.17) is 4.74 Å². The van der Waals surface area contributed by atoms with Crippen LogP contribution in [0.15, 0.2) is 30.5 Å². The molecular formula is C24H29NO5. The topological polar surface area (TPSA) is 99.6 Å². The van der Waals surface area contributed by atoms with E-state index in [-0.39, 0.29) is 48.6 Å². The number of benzene rings is 1. The van der Waals surface area contributed by atoms with E-state index >= 15 is 0 Å². The van der Waals surface area contributed by atoms with Crippen molar-refractivity contribution >= 4 is 17.6 Å². The minimum absolute atomic E-state index is 0.0231. The minimum atomic E-state index is -0.351. The van der Waals surface area contributed by atoms with E-state index in [1.54, 1.807) is 24.4 Å². The van der Waals surface area contributed by atoms with E-state index in [0.717, 1.165) is 35.2 Å². The first kappa shape index (κ1) is 21.8. The third-order valence-corrected chi connectivity index (χ3v) is 5.76. The second-order valence-electron chi connectivity index (χ2n) is 7.77. The lowest BCUT2D eigenvalue weighted by Gasteiger charge is -2.28. The van der Waals surface area contributed by atoms with Crippen LogP contribution in [0, 0.1) is 5.92 Å². The van der Waals surface area contributed by atoms with Gasteiger partial charge < -0.3 is 19.9 Å². The number of carbonyl (C=O) groups is 2. The average molecular weight is 411 g/mol. The number of hydrogen-bond donors (Lipinski definition) is 3. The number of aryl methyl sites for hydroxylation is 1. The second-order valence-corrected chi connectivity index (χ2v) is 7.77. The van der Waals surface area contributed by atoms with E-state index in [9.17, 15) is 19.8 Å². The van der Waals surface area contributed by atoms with Crippen molar-refractivity contribution in [3.8, 4) is 11.5 Å². The first-order chi connectivity index (χ1) is 14.5. The number of nitrogens with one attached hydrogen (secondary N) is 1. The fourth-order valence-electron chi connectivity index (χ4n) is 4.24. The summed E-state index contributed by atoms with van der Waals surface area (Å²) >= 11 is 0. The Morgan fingerprint density at radius 3 is 2.77 bits per heavy atom. The zero-order valence-electron chi connectivity index (χ0n) is 17.5. The molecule has 1 aliphatic rings. The highest BCUT2D eigenvalue weighted by Gasteiger charge is 2.33. The number of H-pyrrole nitrogens is 1. The Morgan fingerprint density at radius 2 is 2.07 bits per heavy atom. The number of rotatable bonds is 10. The maximum atomic E-state index is 13.0. The highest BCUT2D eigenvalue weighted by Crippen LogP contribution is 2.40. The number of aliphatic hydroxyl groups excluding tert-OH is 1. The van der Waals surface area contributed by atoms with Gasteiger partial charge in [-0.2, -0.15) is 0 Å². The number of fused-ring (bicyclic) bond motifs is 1. The summed E-state index contributed by atoms with van der Waals surface area (Å²) < 4.78 is 5.09. The van der Waals surface area contributed by atoms with Crippen LogP contribution in [0.3, 0.4) is 0 Å². The van der Waals surface area contributed by atoms with Crippen LogP contribution in [0.5, 0.6) is 11.5 Å². The Bertz CT molecular complexity index is 943. The van der Waals surface area contributed by atoms with Crippen LogP contribution in [-0.2, 0) is 22.6 Å². The van der Waals surface area contributed by atoms with Crippen LogP contribution in [0.25, 0.3) is 6.08 Å². The van der Waals surface area contributed by atoms with Crippen molar-refractivity contribution in [1.29, 1.82) is 0 Å². The number of Topliss-reactive ketones (excluding diaryl/α,β-unsaturated/α-hetero) is 2. The number of hydrogen-bond acceptors (Lipinski definition) is 5. The number of phenols is 1. The van der Waals surface area contributed by atoms with Crippen LogP contribution in [0.2, 0.25) is 0 Å². The number of aromatic nitrogens is 1. The molecule has 1 heterocycles. The van der Waals surface area contributed by atoms with Crippen LogP contribution < -0.4 is 4.74 Å². The van der Waals surface area contributed by atoms with Crippen molar-refractivity contribution in [2.24, 2.45) is 5.92 Å². The molecule has 2 atom stereocenters. The molecule has 1 aromatic carbocycles. The molecule has 6 nitrogen and oxygen atoms in total. The van der Waals surface area contributed by atoms with Gasteiger partial charge in [-0.15, -0.1) is 0 Å². The molecule has 30 heavy (non-hydrogen) atoms. The molecule has 2 aromatic rings. The van der Waals surface area contributed by atoms with Crippen LogP contribution in [0.1, 0.15) is 60.9 Å². The summed E-state index contributed by atoms with van der Waals surface area (Å²) in [6.07, 6.45) is 7.94. The molecular weight excluding hydrogens is 382 g/mol. The molecule has 0 saturated heterocycles. The number of aromatic hydroxyl groups is 1. The number of ketones is 2. The van der Waals surface area contributed by atoms with Gasteiger partial charge in [0.15, 0.2) is 11.5 Å². The molecule has 0 amide bonds. The lowest BCUT2D eigenvalue weighted by atomic mass is 9.75. The van der Waals surface area contributed by atoms with Gasteiger partial charge in [0, 0.05) is 24.2 Å². The molecule has 160 valence electrons. The molecule has 0 spiro atoms. The molecule has 3 rings (SSSR count). The van der Waals surface area contributed by atoms with E-state index < -0.39 is 0 Å². The zero-order valence-corrected chi connectivity index (χ0v) is 17.5. The first-order valence-electron chi connectivity index (χ1n) is 10.4. The second kappa shape index (κ2) is 9.76. The number of ether oxygens (including phenoxy) is 1. The SMILES string of the molecule is CCC[C@@H]1c2c(CO)c[nH]c2C=C[C@H]1C(=O)CC(=O)CCc1ccc(O)c(OC)c1. The van der Waals surface area contributed by atoms with E-state index in [1.807, 2.05) is 12.2 Å². The minimum Gasteiger partial charge on any atom is -0.504 e. The van der Waals surface area contributed by atoms with Gasteiger partial charge in [0.1, 0.15) is 11.6 Å². The molecule has 3 N–H and O–H groups in total. The van der Waals surface area contributed by atoms with Crippen molar-refractivity contribution in [3.63, 3.8) is 0 Å². The smallest absolute Gasteiger partial charge is 0.160 e. The third kappa shape index (κ3) is 4.65. The summed E-state index contributed by atoms with van der Waals surface area (Å²) in [7, 11) is 1.48. The maximum Gasteiger partial charge on any atom is 0.160 e. The Labute approximate surface area is 176 Å². The van der Waals surface area contributed by atoms with Gasteiger partial charge in [-0.25, -0.2) is 0 Å². The van der Waals surface area contributed by atoms with Crippen LogP contribution >= 0.6 is 0 Å². The van der Waals surface area contributed by atoms with E-state index in [1.165, 1.54) is 7.11 Å². The Hall–Kier alpha value is -2.86. The lowest BCUT2D eigenvalue weighted by molar-refractivity contribution is -0.128. The van der Waals surface area contributed by atoms with Crippen molar-refractivity contribution in [2.45, 2.75) is 51.6 Å². The number of methoxy groups -OCH3 is 1. The summed E-state index contributed by atoms with van der Waals surface area (Å²) in [5.74, 6) is -0.124. The lowest BCUT2D eigenvalue weighted by Crippen LogP contribution is -2.26. The van der Waals surface area contributed by atoms with Crippen molar-refractivity contribution in [3.05, 3.63) is 52.9 Å². The fourth-order valence-corrected chi connectivity index (χ4v) is 4.24. The Morgan fingerprint density at radius 1 is 1.27 bits per heavy atom. The van der Waals surface area contributed by atoms with Crippen molar-refractivity contribution in [2.75, 3.05) is 7.11 Å². The highest BCUT2D eigenvalue weighted by atomic mass is 16.5. The zero-order chi connectivity index (χ0) is 21.7. The van der Waals surface area contributed by atoms with Gasteiger partial charge in [-0.1, -0.05) is 25.5 Å². The molecule has 0 bridgehead atoms. The maximum absolute atomic E-state index is 13.0. The molecule has 0 aliphatic heterocycles. The summed E-state index contributed by atoms with van der Waals surface area (Å²) in [6, 6.07) is 4.99. The summed E-state index contributed by atoms with van der Waals surface area (Å²) in [6.45, 7) is 2.00. The van der Waals surface area contributed by atoms with Crippen molar-refractivity contribution in [1.82, 2.24) is 4.98 Å². The number of aliphatic hydroxyl groups is 1. The molecule has 6 heteroatoms. The molecule has 0 fully saturated rings. The standard InChI is InChI=1S/C24H29NO5/c1-3-4-19-18(8-9-20-24(19)16(14-26)13-25-20)22(29)12-17(27)7-5-15-6-10-21(28)23(11-15)30-2/h6,8-11,13,18-19,25-26,28H,3-5,7,12,14H2,1-2H3/t18-,19+/m1/s1. The molecule has 0 radical (unpaired) electrons. The fraction of sp³-hybridized carbons (Fsp3) is 0.417. The van der Waals surface area contributed by atoms with Crippen molar-refractivity contribution < 1.29 is 24.5 Å². The Kier molecular flexibility index (Phi) is 7.11. The normalized spacial score (nSPS) is 17.6. The van der Waals surface area contributed by atoms with Gasteiger partial charge in [0.25, 0.3) is 0 Å². The predicted molar refractivity (Wildman–Crippen MR) is 114 cm³/mol. The van der Waals surface area contributed by atoms with Crippen LogP contribution in [-0.4, -0.2) is 33.9 Å². The first-order valence-corrected chi connectivity index (χ1v) is 10.4. The average Bonchev–Trinajstić information content (AvgIpc) is 3.17. The van der Waals surface area contributed by atoms with Gasteiger partial charge in [-0.3, -0.25) is 9.59 Å². The summed E-state index contributed by atoms with van der Waals surface area (Å²) in [5, 5.41) is 19.3. The largest absolute Gasteiger partial charge is 0.504 e. The summed E-state index contributed by atoms with van der Waals surface area (Å²) in [4.78, 5) is 28.7. The molecule has 0 unspecified atom stereocenters. The van der Waals surface area contributed by atoms with E-state index in [0.29, 0.717) is 12.2 Å². The number of carbonyl (C=O) groups excluding carboxylic acids is 2. The predicted octanol–water partition coefficient (Wildman–Crippen LogP) is 3.91. The third-order valence-electron chi connectivity index (χ3n) is 5.76. The van der Waals surface area contributed by atoms with Gasteiger partial charge in [0.2, 0.25) is 0 Å². The quantitative estimate of drug-likeness (QED) is 0.515. The highest BCUT2D eigenvalue weighted by molar-refractivity contribution is 6.01. The summed E-state index contributed by atoms with van der Waals surface area (Å²) in [5.41, 5.74) is 3.63. The molecule has 1 aromatic heterocycles. The molecule has 0 saturated carbocycles. The number of phenolic OH excluding ortho intramolecular Hbond substituents is 1. The number of aromatic amines is 1. The number of allylic oxidation sites excluding steroid dienone is 1. The van der Waals surface area contributed by atoms with E-state index in [2.05, 4.69) is 11.9 Å². The van der Waals surface area contributed by atoms with Crippen LogP contribution in [0.4, 0.5) is 0 Å². The molecule has 1 aliphatic carbocycles.